The number of carbonyl (C=O) groups excluding carboxylic acids is 1. The van der Waals surface area contributed by atoms with Gasteiger partial charge in [0.15, 0.2) is 11.5 Å². The molecular formula is C16H12BrNO3. The standard InChI is InChI=1S/C16H12BrNO3/c1-2-14(19)18(11-6-4-3-5-7-11)13-9-8-12(17)15-16(13)21-10-20-15/h2-9H,1,10H2. The van der Waals surface area contributed by atoms with Gasteiger partial charge < -0.3 is 9.47 Å². The SMILES string of the molecule is C=CC(=O)N(c1ccccc1)c1ccc(Br)c2c1OCO2. The lowest BCUT2D eigenvalue weighted by Crippen LogP contribution is -2.23. The van der Waals surface area contributed by atoms with E-state index < -0.39 is 0 Å². The summed E-state index contributed by atoms with van der Waals surface area (Å²) in [5.74, 6) is 0.912. The van der Waals surface area contributed by atoms with Crippen LogP contribution in [-0.2, 0) is 4.79 Å². The molecule has 3 rings (SSSR count). The lowest BCUT2D eigenvalue weighted by atomic mass is 10.2. The molecule has 0 bridgehead atoms. The molecule has 1 aliphatic heterocycles. The molecule has 5 heteroatoms. The maximum atomic E-state index is 12.3. The van der Waals surface area contributed by atoms with Crippen LogP contribution in [0.5, 0.6) is 11.5 Å². The fourth-order valence-corrected chi connectivity index (χ4v) is 2.61. The van der Waals surface area contributed by atoms with Crippen molar-refractivity contribution in [3.63, 3.8) is 0 Å². The Bertz CT molecular complexity index is 700. The van der Waals surface area contributed by atoms with Gasteiger partial charge in [0.2, 0.25) is 6.79 Å². The molecule has 1 amide bonds. The summed E-state index contributed by atoms with van der Waals surface area (Å²) in [4.78, 5) is 13.8. The fraction of sp³-hybridized carbons (Fsp3) is 0.0625. The van der Waals surface area contributed by atoms with Gasteiger partial charge in [-0.2, -0.15) is 0 Å². The predicted octanol–water partition coefficient (Wildman–Crippen LogP) is 4.03. The number of hydrogen-bond donors (Lipinski definition) is 0. The molecule has 0 unspecified atom stereocenters. The topological polar surface area (TPSA) is 38.8 Å². The van der Waals surface area contributed by atoms with Gasteiger partial charge in [0, 0.05) is 5.69 Å². The summed E-state index contributed by atoms with van der Waals surface area (Å²) in [6.07, 6.45) is 1.28. The lowest BCUT2D eigenvalue weighted by molar-refractivity contribution is -0.113. The van der Waals surface area contributed by atoms with E-state index in [9.17, 15) is 4.79 Å². The Hall–Kier alpha value is -2.27. The number of benzene rings is 2. The molecule has 0 N–H and O–H groups in total. The molecule has 2 aromatic carbocycles. The minimum absolute atomic E-state index is 0.135. The summed E-state index contributed by atoms with van der Waals surface area (Å²) in [7, 11) is 0. The van der Waals surface area contributed by atoms with Crippen molar-refractivity contribution in [2.75, 3.05) is 11.7 Å². The molecule has 0 spiro atoms. The Labute approximate surface area is 130 Å². The van der Waals surface area contributed by atoms with Gasteiger partial charge in [0.1, 0.15) is 0 Å². The van der Waals surface area contributed by atoms with Gasteiger partial charge in [-0.05, 0) is 46.3 Å². The van der Waals surface area contributed by atoms with Gasteiger partial charge in [-0.25, -0.2) is 0 Å². The number of anilines is 2. The van der Waals surface area contributed by atoms with Gasteiger partial charge in [-0.1, -0.05) is 24.8 Å². The highest BCUT2D eigenvalue weighted by atomic mass is 79.9. The summed E-state index contributed by atoms with van der Waals surface area (Å²) in [5.41, 5.74) is 1.37. The van der Waals surface area contributed by atoms with Crippen molar-refractivity contribution >= 4 is 33.2 Å². The van der Waals surface area contributed by atoms with Crippen molar-refractivity contribution in [3.8, 4) is 11.5 Å². The van der Waals surface area contributed by atoms with Gasteiger partial charge in [-0.15, -0.1) is 0 Å². The predicted molar refractivity (Wildman–Crippen MR) is 84.1 cm³/mol. The largest absolute Gasteiger partial charge is 0.452 e. The second-order valence-corrected chi connectivity index (χ2v) is 5.20. The van der Waals surface area contributed by atoms with E-state index in [-0.39, 0.29) is 12.7 Å². The number of ether oxygens (including phenoxy) is 2. The Morgan fingerprint density at radius 3 is 2.57 bits per heavy atom. The molecule has 0 radical (unpaired) electrons. The zero-order chi connectivity index (χ0) is 14.8. The third kappa shape index (κ3) is 2.40. The second kappa shape index (κ2) is 5.61. The molecule has 4 nitrogen and oxygen atoms in total. The van der Waals surface area contributed by atoms with Crippen LogP contribution in [-0.4, -0.2) is 12.7 Å². The van der Waals surface area contributed by atoms with Crippen LogP contribution >= 0.6 is 15.9 Å². The van der Waals surface area contributed by atoms with E-state index in [0.29, 0.717) is 17.2 Å². The van der Waals surface area contributed by atoms with Gasteiger partial charge in [-0.3, -0.25) is 9.69 Å². The van der Waals surface area contributed by atoms with E-state index in [1.807, 2.05) is 42.5 Å². The Morgan fingerprint density at radius 2 is 1.86 bits per heavy atom. The van der Waals surface area contributed by atoms with Crippen molar-refractivity contribution in [2.24, 2.45) is 0 Å². The Morgan fingerprint density at radius 1 is 1.14 bits per heavy atom. The number of carbonyl (C=O) groups is 1. The normalized spacial score (nSPS) is 12.0. The summed E-state index contributed by atoms with van der Waals surface area (Å²) in [5, 5.41) is 0. The quantitative estimate of drug-likeness (QED) is 0.788. The first-order chi connectivity index (χ1) is 10.2. The number of fused-ring (bicyclic) bond motifs is 1. The van der Waals surface area contributed by atoms with Crippen molar-refractivity contribution in [2.45, 2.75) is 0 Å². The highest BCUT2D eigenvalue weighted by Crippen LogP contribution is 2.47. The number of halogens is 1. The van der Waals surface area contributed by atoms with Gasteiger partial charge in [0.05, 0.1) is 10.2 Å². The lowest BCUT2D eigenvalue weighted by Gasteiger charge is -2.22. The molecule has 0 fully saturated rings. The molecule has 21 heavy (non-hydrogen) atoms. The minimum Gasteiger partial charge on any atom is -0.452 e. The highest BCUT2D eigenvalue weighted by Gasteiger charge is 2.27. The number of hydrogen-bond acceptors (Lipinski definition) is 3. The van der Waals surface area contributed by atoms with E-state index in [2.05, 4.69) is 22.5 Å². The number of rotatable bonds is 3. The fourth-order valence-electron chi connectivity index (χ4n) is 2.18. The summed E-state index contributed by atoms with van der Waals surface area (Å²) in [6, 6.07) is 13.0. The summed E-state index contributed by atoms with van der Waals surface area (Å²) in [6.45, 7) is 3.71. The first-order valence-electron chi connectivity index (χ1n) is 6.32. The summed E-state index contributed by atoms with van der Waals surface area (Å²) < 4.78 is 11.8. The van der Waals surface area contributed by atoms with Crippen LogP contribution in [0.1, 0.15) is 0 Å². The molecule has 0 aliphatic carbocycles. The zero-order valence-corrected chi connectivity index (χ0v) is 12.7. The van der Waals surface area contributed by atoms with Crippen LogP contribution in [0.4, 0.5) is 11.4 Å². The monoisotopic (exact) mass is 345 g/mol. The molecule has 0 saturated heterocycles. The van der Waals surface area contributed by atoms with Crippen molar-refractivity contribution in [1.29, 1.82) is 0 Å². The average molecular weight is 346 g/mol. The number of para-hydroxylation sites is 1. The van der Waals surface area contributed by atoms with Crippen LogP contribution in [0.25, 0.3) is 0 Å². The molecule has 2 aromatic rings. The van der Waals surface area contributed by atoms with E-state index >= 15 is 0 Å². The third-order valence-corrected chi connectivity index (χ3v) is 3.72. The van der Waals surface area contributed by atoms with Crippen molar-refractivity contribution < 1.29 is 14.3 Å². The third-order valence-electron chi connectivity index (χ3n) is 3.10. The smallest absolute Gasteiger partial charge is 0.255 e. The molecule has 106 valence electrons. The highest BCUT2D eigenvalue weighted by molar-refractivity contribution is 9.10. The van der Waals surface area contributed by atoms with Crippen LogP contribution in [0.15, 0.2) is 59.6 Å². The van der Waals surface area contributed by atoms with E-state index in [4.69, 9.17) is 9.47 Å². The van der Waals surface area contributed by atoms with Crippen LogP contribution in [0, 0.1) is 0 Å². The van der Waals surface area contributed by atoms with E-state index in [1.165, 1.54) is 6.08 Å². The Kier molecular flexibility index (Phi) is 3.66. The van der Waals surface area contributed by atoms with Crippen LogP contribution < -0.4 is 14.4 Å². The first kappa shape index (κ1) is 13.7. The molecule has 1 heterocycles. The Balaban J connectivity index is 2.17. The number of nitrogens with zero attached hydrogens (tertiary/aromatic N) is 1. The molecule has 1 aliphatic rings. The minimum atomic E-state index is -0.235. The molecular weight excluding hydrogens is 334 g/mol. The molecule has 0 saturated carbocycles. The van der Waals surface area contributed by atoms with Crippen LogP contribution in [0.3, 0.4) is 0 Å². The van der Waals surface area contributed by atoms with Crippen LogP contribution in [0.2, 0.25) is 0 Å². The van der Waals surface area contributed by atoms with Crippen molar-refractivity contribution in [1.82, 2.24) is 0 Å². The first-order valence-corrected chi connectivity index (χ1v) is 7.11. The zero-order valence-electron chi connectivity index (χ0n) is 11.1. The van der Waals surface area contributed by atoms with Gasteiger partial charge >= 0.3 is 0 Å². The second-order valence-electron chi connectivity index (χ2n) is 4.34. The maximum absolute atomic E-state index is 12.3. The molecule has 0 aromatic heterocycles. The van der Waals surface area contributed by atoms with Gasteiger partial charge in [0.25, 0.3) is 5.91 Å². The van der Waals surface area contributed by atoms with E-state index in [1.54, 1.807) is 4.90 Å². The van der Waals surface area contributed by atoms with Crippen molar-refractivity contribution in [3.05, 3.63) is 59.6 Å². The average Bonchev–Trinajstić information content (AvgIpc) is 3.01. The van der Waals surface area contributed by atoms with E-state index in [0.717, 1.165) is 10.2 Å². The molecule has 0 atom stereocenters. The number of amides is 1. The summed E-state index contributed by atoms with van der Waals surface area (Å²) >= 11 is 3.41. The maximum Gasteiger partial charge on any atom is 0.255 e.